The molecule has 2 aliphatic rings. The first kappa shape index (κ1) is 23.3. The average molecular weight is 425 g/mol. The number of likely N-dealkylation sites (N-methyl/N-ethyl adjacent to an activating group) is 1. The molecule has 168 valence electrons. The van der Waals surface area contributed by atoms with Gasteiger partial charge in [0.25, 0.3) is 5.91 Å². The van der Waals surface area contributed by atoms with E-state index in [0.717, 1.165) is 62.7 Å². The number of nitriles is 1. The Balaban J connectivity index is 1.54. The maximum Gasteiger partial charge on any atom is 0.251 e. The first-order valence-corrected chi connectivity index (χ1v) is 11.6. The van der Waals surface area contributed by atoms with E-state index in [4.69, 9.17) is 0 Å². The highest BCUT2D eigenvalue weighted by Gasteiger charge is 2.42. The zero-order chi connectivity index (χ0) is 22.6. The van der Waals surface area contributed by atoms with Crippen LogP contribution in [-0.4, -0.2) is 59.4 Å². The van der Waals surface area contributed by atoms with Gasteiger partial charge in [-0.05, 0) is 69.9 Å². The Hall–Kier alpha value is -2.39. The zero-order valence-electron chi connectivity index (χ0n) is 19.4. The number of amides is 2. The van der Waals surface area contributed by atoms with E-state index in [9.17, 15) is 14.9 Å². The first-order valence-electron chi connectivity index (χ1n) is 11.6. The molecule has 2 amide bonds. The van der Waals surface area contributed by atoms with Crippen molar-refractivity contribution >= 4 is 11.8 Å². The largest absolute Gasteiger partial charge is 0.349 e. The third kappa shape index (κ3) is 5.10. The summed E-state index contributed by atoms with van der Waals surface area (Å²) in [6.45, 7) is 7.63. The van der Waals surface area contributed by atoms with E-state index in [1.165, 1.54) is 0 Å². The molecule has 1 saturated heterocycles. The number of carbonyl (C=O) groups is 2. The molecule has 1 saturated carbocycles. The standard InChI is InChI=1S/C25H36N4O2/c1-18-9-13-25(17-26,14-10-18)28(4)24(31)20(3)29-15-11-21(12-16-29)27-23(30)22-8-6-5-7-19(22)2/h5-8,18,20-21H,9-16H2,1-4H3,(H,27,30). The van der Waals surface area contributed by atoms with Gasteiger partial charge in [-0.15, -0.1) is 0 Å². The summed E-state index contributed by atoms with van der Waals surface area (Å²) >= 11 is 0. The van der Waals surface area contributed by atoms with Gasteiger partial charge in [0.2, 0.25) is 5.91 Å². The number of aryl methyl sites for hydroxylation is 1. The third-order valence-corrected chi connectivity index (χ3v) is 7.44. The quantitative estimate of drug-likeness (QED) is 0.785. The lowest BCUT2D eigenvalue weighted by Crippen LogP contribution is -2.57. The van der Waals surface area contributed by atoms with Crippen LogP contribution in [0.15, 0.2) is 24.3 Å². The lowest BCUT2D eigenvalue weighted by atomic mass is 9.77. The number of likely N-dealkylation sites (tertiary alicyclic amines) is 1. The van der Waals surface area contributed by atoms with Crippen LogP contribution in [0.4, 0.5) is 0 Å². The summed E-state index contributed by atoms with van der Waals surface area (Å²) in [6, 6.07) is 9.94. The fraction of sp³-hybridized carbons (Fsp3) is 0.640. The number of benzene rings is 1. The number of nitrogens with zero attached hydrogens (tertiary/aromatic N) is 3. The SMILES string of the molecule is Cc1ccccc1C(=O)NC1CCN(C(C)C(=O)N(C)C2(C#N)CCC(C)CC2)CC1. The van der Waals surface area contributed by atoms with Crippen LogP contribution in [0.2, 0.25) is 0 Å². The van der Waals surface area contributed by atoms with Gasteiger partial charge in [-0.25, -0.2) is 0 Å². The Morgan fingerprint density at radius 2 is 1.81 bits per heavy atom. The summed E-state index contributed by atoms with van der Waals surface area (Å²) in [5.74, 6) is 0.623. The molecule has 0 aromatic heterocycles. The molecular formula is C25H36N4O2. The average Bonchev–Trinajstić information content (AvgIpc) is 2.79. The van der Waals surface area contributed by atoms with Crippen LogP contribution in [0.5, 0.6) is 0 Å². The number of piperidine rings is 1. The minimum Gasteiger partial charge on any atom is -0.349 e. The van der Waals surface area contributed by atoms with E-state index in [1.807, 2.05) is 38.1 Å². The molecule has 1 aromatic rings. The summed E-state index contributed by atoms with van der Waals surface area (Å²) in [4.78, 5) is 29.7. The molecule has 1 aliphatic heterocycles. The monoisotopic (exact) mass is 424 g/mol. The lowest BCUT2D eigenvalue weighted by molar-refractivity contribution is -0.140. The molecule has 1 aromatic carbocycles. The van der Waals surface area contributed by atoms with Gasteiger partial charge >= 0.3 is 0 Å². The van der Waals surface area contributed by atoms with Gasteiger partial charge < -0.3 is 10.2 Å². The highest BCUT2D eigenvalue weighted by atomic mass is 16.2. The molecule has 1 aliphatic carbocycles. The normalized spacial score (nSPS) is 26.0. The lowest BCUT2D eigenvalue weighted by Gasteiger charge is -2.44. The number of carbonyl (C=O) groups excluding carboxylic acids is 2. The van der Waals surface area contributed by atoms with Crippen molar-refractivity contribution in [2.45, 2.75) is 76.9 Å². The van der Waals surface area contributed by atoms with Crippen molar-refractivity contribution in [3.63, 3.8) is 0 Å². The molecule has 0 bridgehead atoms. The smallest absolute Gasteiger partial charge is 0.251 e. The maximum atomic E-state index is 13.2. The second-order valence-electron chi connectivity index (χ2n) is 9.50. The molecule has 1 N–H and O–H groups in total. The molecule has 1 atom stereocenters. The topological polar surface area (TPSA) is 76.4 Å². The van der Waals surface area contributed by atoms with Crippen molar-refractivity contribution < 1.29 is 9.59 Å². The van der Waals surface area contributed by atoms with Gasteiger partial charge in [-0.1, -0.05) is 25.1 Å². The van der Waals surface area contributed by atoms with Gasteiger partial charge in [0, 0.05) is 31.7 Å². The van der Waals surface area contributed by atoms with E-state index < -0.39 is 5.54 Å². The second kappa shape index (κ2) is 9.82. The van der Waals surface area contributed by atoms with Crippen molar-refractivity contribution in [2.24, 2.45) is 5.92 Å². The Morgan fingerprint density at radius 1 is 1.19 bits per heavy atom. The van der Waals surface area contributed by atoms with Crippen molar-refractivity contribution in [2.75, 3.05) is 20.1 Å². The molecule has 1 heterocycles. The van der Waals surface area contributed by atoms with E-state index >= 15 is 0 Å². The van der Waals surface area contributed by atoms with Crippen LogP contribution in [0.3, 0.4) is 0 Å². The van der Waals surface area contributed by atoms with Crippen LogP contribution in [0, 0.1) is 24.2 Å². The molecule has 31 heavy (non-hydrogen) atoms. The van der Waals surface area contributed by atoms with Crippen molar-refractivity contribution in [3.8, 4) is 6.07 Å². The minimum atomic E-state index is -0.669. The molecule has 6 nitrogen and oxygen atoms in total. The van der Waals surface area contributed by atoms with Crippen molar-refractivity contribution in [1.29, 1.82) is 5.26 Å². The fourth-order valence-electron chi connectivity index (χ4n) is 4.93. The third-order valence-electron chi connectivity index (χ3n) is 7.44. The van der Waals surface area contributed by atoms with Gasteiger partial charge in [0.05, 0.1) is 12.1 Å². The molecule has 6 heteroatoms. The van der Waals surface area contributed by atoms with E-state index in [-0.39, 0.29) is 23.9 Å². The van der Waals surface area contributed by atoms with Crippen molar-refractivity contribution in [3.05, 3.63) is 35.4 Å². The predicted octanol–water partition coefficient (Wildman–Crippen LogP) is 3.51. The van der Waals surface area contributed by atoms with Gasteiger partial charge in [0.15, 0.2) is 0 Å². The number of nitrogens with one attached hydrogen (secondary N) is 1. The predicted molar refractivity (Wildman–Crippen MR) is 121 cm³/mol. The highest BCUT2D eigenvalue weighted by Crippen LogP contribution is 2.36. The highest BCUT2D eigenvalue weighted by molar-refractivity contribution is 5.95. The summed E-state index contributed by atoms with van der Waals surface area (Å²) in [5.41, 5.74) is 1.03. The fourth-order valence-corrected chi connectivity index (χ4v) is 4.93. The zero-order valence-corrected chi connectivity index (χ0v) is 19.4. The Labute approximate surface area is 186 Å². The van der Waals surface area contributed by atoms with Crippen LogP contribution in [0.1, 0.15) is 68.3 Å². The summed E-state index contributed by atoms with van der Waals surface area (Å²) in [5, 5.41) is 13.0. The maximum absolute atomic E-state index is 13.2. The molecule has 0 radical (unpaired) electrons. The summed E-state index contributed by atoms with van der Waals surface area (Å²) < 4.78 is 0. The Kier molecular flexibility index (Phi) is 7.38. The van der Waals surface area contributed by atoms with Crippen LogP contribution >= 0.6 is 0 Å². The van der Waals surface area contributed by atoms with Crippen LogP contribution in [0.25, 0.3) is 0 Å². The van der Waals surface area contributed by atoms with Crippen LogP contribution < -0.4 is 5.32 Å². The molecule has 3 rings (SSSR count). The van der Waals surface area contributed by atoms with Crippen molar-refractivity contribution in [1.82, 2.24) is 15.1 Å². The van der Waals surface area contributed by atoms with E-state index in [0.29, 0.717) is 5.92 Å². The first-order chi connectivity index (χ1) is 14.8. The Morgan fingerprint density at radius 3 is 2.39 bits per heavy atom. The Bertz CT molecular complexity index is 830. The van der Waals surface area contributed by atoms with Gasteiger partial charge in [-0.3, -0.25) is 14.5 Å². The number of rotatable bonds is 5. The van der Waals surface area contributed by atoms with E-state index in [2.05, 4.69) is 23.2 Å². The molecule has 2 fully saturated rings. The summed E-state index contributed by atoms with van der Waals surface area (Å²) in [7, 11) is 1.80. The van der Waals surface area contributed by atoms with Crippen LogP contribution in [-0.2, 0) is 4.79 Å². The summed E-state index contributed by atoms with van der Waals surface area (Å²) in [6.07, 6.45) is 5.13. The second-order valence-corrected chi connectivity index (χ2v) is 9.50. The minimum absolute atomic E-state index is 0.0251. The molecule has 1 unspecified atom stereocenters. The number of hydrogen-bond acceptors (Lipinski definition) is 4. The molecule has 0 spiro atoms. The number of hydrogen-bond donors (Lipinski definition) is 1. The molecular weight excluding hydrogens is 388 g/mol. The van der Waals surface area contributed by atoms with Gasteiger partial charge in [0.1, 0.15) is 5.54 Å². The van der Waals surface area contributed by atoms with Gasteiger partial charge in [-0.2, -0.15) is 5.26 Å². The van der Waals surface area contributed by atoms with E-state index in [1.54, 1.807) is 11.9 Å².